The lowest BCUT2D eigenvalue weighted by molar-refractivity contribution is -0.132. The van der Waals surface area contributed by atoms with Crippen molar-refractivity contribution in [1.82, 2.24) is 19.7 Å². The van der Waals surface area contributed by atoms with Gasteiger partial charge in [-0.1, -0.05) is 52.3 Å². The first-order valence-electron chi connectivity index (χ1n) is 14.1. The van der Waals surface area contributed by atoms with E-state index < -0.39 is 0 Å². The van der Waals surface area contributed by atoms with Crippen molar-refractivity contribution < 1.29 is 4.79 Å². The maximum atomic E-state index is 13.7. The highest BCUT2D eigenvalue weighted by molar-refractivity contribution is 9.10. The Morgan fingerprint density at radius 2 is 1.67 bits per heavy atom. The molecule has 2 aromatic carbocycles. The maximum absolute atomic E-state index is 13.7. The van der Waals surface area contributed by atoms with E-state index in [1.807, 2.05) is 18.3 Å². The molecule has 39 heavy (non-hydrogen) atoms. The summed E-state index contributed by atoms with van der Waals surface area (Å²) in [6, 6.07) is 23.1. The second kappa shape index (κ2) is 13.9. The molecule has 0 radical (unpaired) electrons. The van der Waals surface area contributed by atoms with Crippen LogP contribution in [0.5, 0.6) is 0 Å². The van der Waals surface area contributed by atoms with Crippen molar-refractivity contribution in [3.05, 3.63) is 88.5 Å². The molecule has 0 aliphatic carbocycles. The van der Waals surface area contributed by atoms with Crippen molar-refractivity contribution in [3.8, 4) is 0 Å². The predicted molar refractivity (Wildman–Crippen MR) is 162 cm³/mol. The fourth-order valence-electron chi connectivity index (χ4n) is 5.42. The molecule has 8 heteroatoms. The minimum atomic E-state index is 0.229. The zero-order valence-electron chi connectivity index (χ0n) is 22.6. The van der Waals surface area contributed by atoms with Crippen LogP contribution in [0.3, 0.4) is 0 Å². The molecule has 3 aromatic rings. The Morgan fingerprint density at radius 3 is 2.46 bits per heavy atom. The summed E-state index contributed by atoms with van der Waals surface area (Å²) >= 11 is 3.64. The number of carbonyl (C=O) groups is 1. The predicted octanol–water partition coefficient (Wildman–Crippen LogP) is 4.70. The molecular formula is C31H39BrN6O. The summed E-state index contributed by atoms with van der Waals surface area (Å²) in [5.74, 6) is 1.27. The lowest BCUT2D eigenvalue weighted by Gasteiger charge is -2.35. The zero-order valence-corrected chi connectivity index (χ0v) is 24.2. The quantitative estimate of drug-likeness (QED) is 0.449. The fourth-order valence-corrected chi connectivity index (χ4v) is 5.82. The third-order valence-electron chi connectivity index (χ3n) is 7.67. The van der Waals surface area contributed by atoms with Crippen LogP contribution in [0.25, 0.3) is 0 Å². The summed E-state index contributed by atoms with van der Waals surface area (Å²) in [4.78, 5) is 27.5. The van der Waals surface area contributed by atoms with Gasteiger partial charge in [0.2, 0.25) is 5.91 Å². The van der Waals surface area contributed by atoms with Gasteiger partial charge in [-0.3, -0.25) is 14.6 Å². The van der Waals surface area contributed by atoms with E-state index in [4.69, 9.17) is 0 Å². The molecule has 1 N–H and O–H groups in total. The smallest absolute Gasteiger partial charge is 0.224 e. The number of carbonyl (C=O) groups excluding carboxylic acids is 1. The standard InChI is InChI=1S/C31H39BrN6O/c32-28-10-11-29-27(23-28)25-38(22-19-36(15-6-14-33-29)24-26-7-2-1-3-8-26)31(39)12-16-35-17-20-37(21-18-35)30-9-4-5-13-34-30/h1-5,7-11,13,23,33H,6,12,14-22,24-25H2. The molecule has 2 aliphatic heterocycles. The highest BCUT2D eigenvalue weighted by Crippen LogP contribution is 2.24. The lowest BCUT2D eigenvalue weighted by Crippen LogP contribution is -2.48. The van der Waals surface area contributed by atoms with Gasteiger partial charge in [-0.05, 0) is 47.9 Å². The highest BCUT2D eigenvalue weighted by Gasteiger charge is 2.22. The molecular weight excluding hydrogens is 552 g/mol. The number of hydrogen-bond acceptors (Lipinski definition) is 6. The molecule has 206 valence electrons. The Hall–Kier alpha value is -2.94. The van der Waals surface area contributed by atoms with Crippen LogP contribution >= 0.6 is 15.9 Å². The van der Waals surface area contributed by atoms with E-state index in [-0.39, 0.29) is 5.91 Å². The molecule has 3 heterocycles. The number of amides is 1. The Labute approximate surface area is 240 Å². The van der Waals surface area contributed by atoms with Gasteiger partial charge in [0.05, 0.1) is 0 Å². The largest absolute Gasteiger partial charge is 0.385 e. The topological polar surface area (TPSA) is 55.0 Å². The van der Waals surface area contributed by atoms with Crippen molar-refractivity contribution in [2.45, 2.75) is 25.9 Å². The Kier molecular flexibility index (Phi) is 9.86. The number of anilines is 2. The van der Waals surface area contributed by atoms with Crippen LogP contribution in [0.4, 0.5) is 11.5 Å². The van der Waals surface area contributed by atoms with Crippen LogP contribution in [-0.2, 0) is 17.9 Å². The maximum Gasteiger partial charge on any atom is 0.224 e. The van der Waals surface area contributed by atoms with Crippen LogP contribution < -0.4 is 10.2 Å². The summed E-state index contributed by atoms with van der Waals surface area (Å²) in [6.45, 7) is 9.61. The molecule has 0 spiro atoms. The van der Waals surface area contributed by atoms with Crippen LogP contribution in [0.1, 0.15) is 24.0 Å². The monoisotopic (exact) mass is 590 g/mol. The third-order valence-corrected chi connectivity index (χ3v) is 8.16. The molecule has 0 atom stereocenters. The van der Waals surface area contributed by atoms with Crippen molar-refractivity contribution in [2.75, 3.05) is 69.1 Å². The van der Waals surface area contributed by atoms with E-state index in [0.717, 1.165) is 87.8 Å². The van der Waals surface area contributed by atoms with E-state index in [0.29, 0.717) is 13.0 Å². The molecule has 1 aromatic heterocycles. The van der Waals surface area contributed by atoms with Crippen LogP contribution in [-0.4, -0.2) is 84.5 Å². The highest BCUT2D eigenvalue weighted by atomic mass is 79.9. The molecule has 0 saturated carbocycles. The number of nitrogens with one attached hydrogen (secondary N) is 1. The van der Waals surface area contributed by atoms with E-state index in [9.17, 15) is 4.79 Å². The molecule has 2 aliphatic rings. The van der Waals surface area contributed by atoms with Gasteiger partial charge in [0.15, 0.2) is 0 Å². The normalized spacial score (nSPS) is 17.7. The number of pyridine rings is 1. The van der Waals surface area contributed by atoms with E-state index in [1.54, 1.807) is 0 Å². The van der Waals surface area contributed by atoms with Gasteiger partial charge >= 0.3 is 0 Å². The number of aromatic nitrogens is 1. The average molecular weight is 592 g/mol. The third kappa shape index (κ3) is 8.03. The number of hydrogen-bond donors (Lipinski definition) is 1. The van der Waals surface area contributed by atoms with Crippen molar-refractivity contribution in [1.29, 1.82) is 0 Å². The van der Waals surface area contributed by atoms with Gasteiger partial charge in [0.1, 0.15) is 5.82 Å². The summed E-state index contributed by atoms with van der Waals surface area (Å²) < 4.78 is 1.04. The first-order valence-corrected chi connectivity index (χ1v) is 14.9. The van der Waals surface area contributed by atoms with Gasteiger partial charge in [-0.25, -0.2) is 4.98 Å². The summed E-state index contributed by atoms with van der Waals surface area (Å²) in [6.07, 6.45) is 3.45. The lowest BCUT2D eigenvalue weighted by atomic mass is 10.1. The summed E-state index contributed by atoms with van der Waals surface area (Å²) in [5.41, 5.74) is 3.60. The van der Waals surface area contributed by atoms with Gasteiger partial charge in [-0.2, -0.15) is 0 Å². The Balaban J connectivity index is 1.22. The van der Waals surface area contributed by atoms with Crippen molar-refractivity contribution in [2.24, 2.45) is 0 Å². The number of halogens is 1. The van der Waals surface area contributed by atoms with Crippen molar-refractivity contribution in [3.63, 3.8) is 0 Å². The second-order valence-corrected chi connectivity index (χ2v) is 11.3. The number of benzene rings is 2. The van der Waals surface area contributed by atoms with Gasteiger partial charge < -0.3 is 15.1 Å². The first kappa shape index (κ1) is 27.6. The van der Waals surface area contributed by atoms with E-state index in [2.05, 4.69) is 100 Å². The number of nitrogens with zero attached hydrogens (tertiary/aromatic N) is 5. The minimum absolute atomic E-state index is 0.229. The van der Waals surface area contributed by atoms with Crippen LogP contribution in [0.15, 0.2) is 77.4 Å². The molecule has 1 amide bonds. The van der Waals surface area contributed by atoms with Crippen molar-refractivity contribution >= 4 is 33.3 Å². The fraction of sp³-hybridized carbons (Fsp3) is 0.419. The molecule has 1 saturated heterocycles. The Morgan fingerprint density at radius 1 is 0.872 bits per heavy atom. The zero-order chi connectivity index (χ0) is 26.9. The molecule has 7 nitrogen and oxygen atoms in total. The Bertz CT molecular complexity index is 1190. The number of piperazine rings is 1. The SMILES string of the molecule is O=C(CCN1CCN(c2ccccn2)CC1)N1CCN(Cc2ccccc2)CCCNc2ccc(Br)cc2C1. The van der Waals surface area contributed by atoms with Gasteiger partial charge in [-0.15, -0.1) is 0 Å². The van der Waals surface area contributed by atoms with Crippen LogP contribution in [0.2, 0.25) is 0 Å². The number of fused-ring (bicyclic) bond motifs is 1. The molecule has 1 fully saturated rings. The summed E-state index contributed by atoms with van der Waals surface area (Å²) in [5, 5.41) is 3.63. The summed E-state index contributed by atoms with van der Waals surface area (Å²) in [7, 11) is 0. The second-order valence-electron chi connectivity index (χ2n) is 10.4. The van der Waals surface area contributed by atoms with Crippen LogP contribution in [0, 0.1) is 0 Å². The van der Waals surface area contributed by atoms with Gasteiger partial charge in [0.25, 0.3) is 0 Å². The molecule has 0 bridgehead atoms. The molecule has 0 unspecified atom stereocenters. The first-order chi connectivity index (χ1) is 19.1. The van der Waals surface area contributed by atoms with Gasteiger partial charge in [0, 0.05) is 94.8 Å². The molecule has 5 rings (SSSR count). The van der Waals surface area contributed by atoms with E-state index in [1.165, 1.54) is 11.1 Å². The number of rotatable bonds is 6. The average Bonchev–Trinajstić information content (AvgIpc) is 3.01. The minimum Gasteiger partial charge on any atom is -0.385 e. The van der Waals surface area contributed by atoms with E-state index >= 15 is 0 Å².